The Hall–Kier alpha value is -3.32. The van der Waals surface area contributed by atoms with Gasteiger partial charge in [0.15, 0.2) is 6.10 Å². The largest absolute Gasteiger partial charge is 0.497 e. The Labute approximate surface area is 191 Å². The predicted molar refractivity (Wildman–Crippen MR) is 125 cm³/mol. The molecule has 1 aliphatic rings. The smallest absolute Gasteiger partial charge is 0.263 e. The van der Waals surface area contributed by atoms with Crippen LogP contribution in [0.2, 0.25) is 0 Å². The van der Waals surface area contributed by atoms with Crippen molar-refractivity contribution in [2.24, 2.45) is 0 Å². The van der Waals surface area contributed by atoms with Crippen LogP contribution in [-0.4, -0.2) is 36.5 Å². The van der Waals surface area contributed by atoms with Gasteiger partial charge in [-0.1, -0.05) is 18.2 Å². The average molecular weight is 451 g/mol. The van der Waals surface area contributed by atoms with E-state index in [9.17, 15) is 9.59 Å². The number of anilines is 1. The molecule has 0 saturated carbocycles. The Kier molecular flexibility index (Phi) is 6.75. The number of fused-ring (bicyclic) bond motifs is 1. The summed E-state index contributed by atoms with van der Waals surface area (Å²) in [6, 6.07) is 17.3. The fourth-order valence-corrected chi connectivity index (χ4v) is 4.40. The summed E-state index contributed by atoms with van der Waals surface area (Å²) in [6.45, 7) is 2.78. The van der Waals surface area contributed by atoms with Crippen LogP contribution in [0.25, 0.3) is 0 Å². The van der Waals surface area contributed by atoms with Gasteiger partial charge in [-0.25, -0.2) is 0 Å². The molecule has 1 aromatic heterocycles. The topological polar surface area (TPSA) is 67.9 Å². The van der Waals surface area contributed by atoms with E-state index in [1.807, 2.05) is 64.9 Å². The number of hydrogen-bond acceptors (Lipinski definition) is 5. The summed E-state index contributed by atoms with van der Waals surface area (Å²) in [6.07, 6.45) is 0.510. The highest BCUT2D eigenvalue weighted by atomic mass is 32.1. The molecule has 0 saturated heterocycles. The maximum absolute atomic E-state index is 12.9. The van der Waals surface area contributed by atoms with Crippen LogP contribution in [0.15, 0.2) is 60.0 Å². The van der Waals surface area contributed by atoms with E-state index in [1.165, 1.54) is 0 Å². The van der Waals surface area contributed by atoms with Crippen molar-refractivity contribution in [1.82, 2.24) is 4.90 Å². The zero-order valence-corrected chi connectivity index (χ0v) is 19.0. The van der Waals surface area contributed by atoms with Crippen LogP contribution in [0.4, 0.5) is 5.69 Å². The van der Waals surface area contributed by atoms with Gasteiger partial charge in [0.25, 0.3) is 5.91 Å². The third-order valence-electron chi connectivity index (χ3n) is 5.41. The van der Waals surface area contributed by atoms with Crippen LogP contribution in [0, 0.1) is 0 Å². The average Bonchev–Trinajstić information content (AvgIpc) is 3.26. The molecular formula is C25H26N2O4S. The van der Waals surface area contributed by atoms with E-state index in [0.29, 0.717) is 30.9 Å². The summed E-state index contributed by atoms with van der Waals surface area (Å²) in [5.74, 6) is 1.37. The molecule has 166 valence electrons. The van der Waals surface area contributed by atoms with E-state index < -0.39 is 6.10 Å². The number of nitrogens with zero attached hydrogens (tertiary/aromatic N) is 1. The molecule has 2 heterocycles. The van der Waals surface area contributed by atoms with Crippen molar-refractivity contribution in [3.8, 4) is 11.5 Å². The number of thiophene rings is 1. The highest BCUT2D eigenvalue weighted by molar-refractivity contribution is 7.10. The molecule has 2 aromatic carbocycles. The lowest BCUT2D eigenvalue weighted by atomic mass is 10.1. The molecule has 4 rings (SSSR count). The number of carbonyl (C=O) groups is 2. The third kappa shape index (κ3) is 5.29. The lowest BCUT2D eigenvalue weighted by Crippen LogP contribution is -2.39. The molecule has 0 fully saturated rings. The maximum Gasteiger partial charge on any atom is 0.263 e. The first-order valence-electron chi connectivity index (χ1n) is 10.6. The number of amides is 2. The minimum atomic E-state index is -0.564. The van der Waals surface area contributed by atoms with Crippen molar-refractivity contribution in [3.63, 3.8) is 0 Å². The van der Waals surface area contributed by atoms with Gasteiger partial charge < -0.3 is 19.7 Å². The zero-order chi connectivity index (χ0) is 22.5. The summed E-state index contributed by atoms with van der Waals surface area (Å²) in [5, 5.41) is 4.91. The van der Waals surface area contributed by atoms with Crippen LogP contribution >= 0.6 is 11.3 Å². The second-order valence-electron chi connectivity index (χ2n) is 7.74. The maximum atomic E-state index is 12.9. The van der Waals surface area contributed by atoms with Gasteiger partial charge in [0.05, 0.1) is 13.5 Å². The van der Waals surface area contributed by atoms with Crippen molar-refractivity contribution >= 4 is 28.8 Å². The standard InChI is InChI=1S/C25H26N2O4S/c1-17-25(29)27(12-11-18-5-8-21(30-2)9-6-18)16-19-14-20(7-10-23(19)31-17)26-24(28)15-22-4-3-13-32-22/h3-10,13-14,17H,11-12,15-16H2,1-2H3,(H,26,28). The monoisotopic (exact) mass is 450 g/mol. The molecule has 1 N–H and O–H groups in total. The van der Waals surface area contributed by atoms with E-state index in [4.69, 9.17) is 9.47 Å². The van der Waals surface area contributed by atoms with Crippen molar-refractivity contribution < 1.29 is 19.1 Å². The highest BCUT2D eigenvalue weighted by Crippen LogP contribution is 2.29. The molecule has 3 aromatic rings. The van der Waals surface area contributed by atoms with Gasteiger partial charge in [-0.15, -0.1) is 11.3 Å². The molecule has 1 atom stereocenters. The number of rotatable bonds is 7. The minimum Gasteiger partial charge on any atom is -0.497 e. The van der Waals surface area contributed by atoms with Gasteiger partial charge in [-0.2, -0.15) is 0 Å². The van der Waals surface area contributed by atoms with Crippen molar-refractivity contribution in [1.29, 1.82) is 0 Å². The van der Waals surface area contributed by atoms with Crippen molar-refractivity contribution in [3.05, 3.63) is 76.0 Å². The Morgan fingerprint density at radius 2 is 2.03 bits per heavy atom. The fraction of sp³-hybridized carbons (Fsp3) is 0.280. The first-order chi connectivity index (χ1) is 15.5. The number of benzene rings is 2. The van der Waals surface area contributed by atoms with Crippen LogP contribution < -0.4 is 14.8 Å². The quantitative estimate of drug-likeness (QED) is 0.583. The van der Waals surface area contributed by atoms with Crippen LogP contribution in [0.3, 0.4) is 0 Å². The number of carbonyl (C=O) groups excluding carboxylic acids is 2. The first-order valence-corrected chi connectivity index (χ1v) is 11.4. The van der Waals surface area contributed by atoms with Gasteiger partial charge >= 0.3 is 0 Å². The lowest BCUT2D eigenvalue weighted by molar-refractivity contribution is -0.137. The second kappa shape index (κ2) is 9.87. The number of methoxy groups -OCH3 is 1. The zero-order valence-electron chi connectivity index (χ0n) is 18.2. The molecule has 0 aliphatic carbocycles. The number of ether oxygens (including phenoxy) is 2. The van der Waals surface area contributed by atoms with Crippen molar-refractivity contribution in [2.75, 3.05) is 19.0 Å². The van der Waals surface area contributed by atoms with E-state index >= 15 is 0 Å². The first kappa shape index (κ1) is 21.9. The fourth-order valence-electron chi connectivity index (χ4n) is 3.70. The predicted octanol–water partition coefficient (Wildman–Crippen LogP) is 4.29. The molecular weight excluding hydrogens is 424 g/mol. The Bertz CT molecular complexity index is 1080. The summed E-state index contributed by atoms with van der Waals surface area (Å²) in [5.41, 5.74) is 2.71. The molecule has 0 radical (unpaired) electrons. The molecule has 1 unspecified atom stereocenters. The SMILES string of the molecule is COc1ccc(CCN2Cc3cc(NC(=O)Cc4cccs4)ccc3OC(C)C2=O)cc1. The molecule has 0 spiro atoms. The Morgan fingerprint density at radius 3 is 2.75 bits per heavy atom. The van der Waals surface area contributed by atoms with Gasteiger partial charge in [0.1, 0.15) is 11.5 Å². The van der Waals surface area contributed by atoms with E-state index in [-0.39, 0.29) is 11.8 Å². The summed E-state index contributed by atoms with van der Waals surface area (Å²) >= 11 is 1.56. The summed E-state index contributed by atoms with van der Waals surface area (Å²) in [7, 11) is 1.64. The van der Waals surface area contributed by atoms with E-state index in [0.717, 1.165) is 28.2 Å². The number of hydrogen-bond donors (Lipinski definition) is 1. The van der Waals surface area contributed by atoms with E-state index in [1.54, 1.807) is 25.4 Å². The van der Waals surface area contributed by atoms with Crippen LogP contribution in [-0.2, 0) is 29.0 Å². The van der Waals surface area contributed by atoms with Crippen LogP contribution in [0.1, 0.15) is 22.9 Å². The second-order valence-corrected chi connectivity index (χ2v) is 8.78. The summed E-state index contributed by atoms with van der Waals surface area (Å²) < 4.78 is 11.1. The third-order valence-corrected chi connectivity index (χ3v) is 6.29. The summed E-state index contributed by atoms with van der Waals surface area (Å²) in [4.78, 5) is 28.1. The Morgan fingerprint density at radius 1 is 1.22 bits per heavy atom. The molecule has 7 heteroatoms. The van der Waals surface area contributed by atoms with Crippen LogP contribution in [0.5, 0.6) is 11.5 Å². The Balaban J connectivity index is 1.45. The lowest BCUT2D eigenvalue weighted by Gasteiger charge is -2.22. The van der Waals surface area contributed by atoms with Gasteiger partial charge in [0, 0.05) is 29.2 Å². The van der Waals surface area contributed by atoms with Crippen molar-refractivity contribution in [2.45, 2.75) is 32.4 Å². The molecule has 0 bridgehead atoms. The normalized spacial score (nSPS) is 15.5. The van der Waals surface area contributed by atoms with Gasteiger partial charge in [-0.3, -0.25) is 9.59 Å². The highest BCUT2D eigenvalue weighted by Gasteiger charge is 2.27. The van der Waals surface area contributed by atoms with Gasteiger partial charge in [-0.05, 0) is 60.7 Å². The molecule has 6 nitrogen and oxygen atoms in total. The van der Waals surface area contributed by atoms with Gasteiger partial charge in [0.2, 0.25) is 5.91 Å². The molecule has 2 amide bonds. The molecule has 1 aliphatic heterocycles. The number of nitrogens with one attached hydrogen (secondary N) is 1. The minimum absolute atomic E-state index is 0.0435. The van der Waals surface area contributed by atoms with E-state index in [2.05, 4.69) is 5.32 Å². The molecule has 32 heavy (non-hydrogen) atoms.